The van der Waals surface area contributed by atoms with E-state index in [2.05, 4.69) is 15.9 Å². The molecule has 21 heavy (non-hydrogen) atoms. The fourth-order valence-electron chi connectivity index (χ4n) is 3.72. The highest BCUT2D eigenvalue weighted by molar-refractivity contribution is 9.10. The first kappa shape index (κ1) is 13.7. The molecule has 1 aromatic carbocycles. The van der Waals surface area contributed by atoms with E-state index in [0.717, 1.165) is 17.3 Å². The summed E-state index contributed by atoms with van der Waals surface area (Å²) in [5, 5.41) is 0. The zero-order chi connectivity index (χ0) is 14.7. The molecule has 1 saturated heterocycles. The van der Waals surface area contributed by atoms with Crippen molar-refractivity contribution in [3.8, 4) is 5.75 Å². The highest BCUT2D eigenvalue weighted by Crippen LogP contribution is 2.50. The topological polar surface area (TPSA) is 44.8 Å². The van der Waals surface area contributed by atoms with E-state index in [0.29, 0.717) is 30.9 Å². The number of benzene rings is 1. The lowest BCUT2D eigenvalue weighted by Gasteiger charge is -2.49. The van der Waals surface area contributed by atoms with Crippen LogP contribution in [0.3, 0.4) is 0 Å². The first-order valence-corrected chi connectivity index (χ1v) is 8.11. The molecule has 0 amide bonds. The Labute approximate surface area is 131 Å². The second-order valence-electron chi connectivity index (χ2n) is 6.28. The summed E-state index contributed by atoms with van der Waals surface area (Å²) in [7, 11) is 0. The molecule has 4 nitrogen and oxygen atoms in total. The highest BCUT2D eigenvalue weighted by atomic mass is 79.9. The Morgan fingerprint density at radius 2 is 2.00 bits per heavy atom. The smallest absolute Gasteiger partial charge is 0.173 e. The summed E-state index contributed by atoms with van der Waals surface area (Å²) >= 11 is 3.42. The molecule has 1 saturated carbocycles. The van der Waals surface area contributed by atoms with Gasteiger partial charge in [0.25, 0.3) is 0 Å². The SMILES string of the molecule is CC12CCC3(CC1C(=O)c1cc(Br)ccc1O2)OCCO3. The van der Waals surface area contributed by atoms with Gasteiger partial charge in [-0.05, 0) is 31.5 Å². The number of rotatable bonds is 0. The van der Waals surface area contributed by atoms with Crippen LogP contribution in [0.15, 0.2) is 22.7 Å². The van der Waals surface area contributed by atoms with Crippen LogP contribution >= 0.6 is 15.9 Å². The van der Waals surface area contributed by atoms with Gasteiger partial charge in [-0.25, -0.2) is 0 Å². The Balaban J connectivity index is 1.73. The summed E-state index contributed by atoms with van der Waals surface area (Å²) in [6.07, 6.45) is 2.12. The first-order chi connectivity index (χ1) is 10.0. The minimum atomic E-state index is -0.577. The summed E-state index contributed by atoms with van der Waals surface area (Å²) < 4.78 is 18.7. The maximum atomic E-state index is 12.9. The van der Waals surface area contributed by atoms with E-state index < -0.39 is 11.4 Å². The van der Waals surface area contributed by atoms with Crippen molar-refractivity contribution in [2.45, 2.75) is 37.6 Å². The number of hydrogen-bond donors (Lipinski definition) is 0. The van der Waals surface area contributed by atoms with Crippen molar-refractivity contribution in [2.75, 3.05) is 13.2 Å². The molecule has 2 fully saturated rings. The van der Waals surface area contributed by atoms with Crippen molar-refractivity contribution in [2.24, 2.45) is 5.92 Å². The average Bonchev–Trinajstić information content (AvgIpc) is 2.91. The molecule has 5 heteroatoms. The number of fused-ring (bicyclic) bond motifs is 2. The van der Waals surface area contributed by atoms with Crippen LogP contribution in [0.25, 0.3) is 0 Å². The lowest BCUT2D eigenvalue weighted by molar-refractivity contribution is -0.209. The van der Waals surface area contributed by atoms with Crippen molar-refractivity contribution in [3.63, 3.8) is 0 Å². The van der Waals surface area contributed by atoms with Gasteiger partial charge in [-0.3, -0.25) is 4.79 Å². The van der Waals surface area contributed by atoms with Crippen LogP contribution in [-0.4, -0.2) is 30.4 Å². The second kappa shape index (κ2) is 4.54. The van der Waals surface area contributed by atoms with Crippen LogP contribution in [0, 0.1) is 5.92 Å². The average molecular weight is 353 g/mol. The summed E-state index contributed by atoms with van der Waals surface area (Å²) in [6.45, 7) is 3.25. The Morgan fingerprint density at radius 3 is 2.76 bits per heavy atom. The molecule has 112 valence electrons. The summed E-state index contributed by atoms with van der Waals surface area (Å²) in [6, 6.07) is 5.62. The third kappa shape index (κ3) is 2.05. The fourth-order valence-corrected chi connectivity index (χ4v) is 4.08. The zero-order valence-electron chi connectivity index (χ0n) is 11.9. The molecule has 2 aliphatic heterocycles. The second-order valence-corrected chi connectivity index (χ2v) is 7.20. The molecule has 0 N–H and O–H groups in total. The largest absolute Gasteiger partial charge is 0.486 e. The van der Waals surface area contributed by atoms with Gasteiger partial charge in [0, 0.05) is 17.3 Å². The van der Waals surface area contributed by atoms with Gasteiger partial charge in [-0.15, -0.1) is 0 Å². The predicted molar refractivity (Wildman–Crippen MR) is 79.5 cm³/mol. The molecule has 1 aliphatic carbocycles. The van der Waals surface area contributed by atoms with Crippen molar-refractivity contribution in [3.05, 3.63) is 28.2 Å². The van der Waals surface area contributed by atoms with E-state index in [1.807, 2.05) is 25.1 Å². The van der Waals surface area contributed by atoms with Gasteiger partial charge < -0.3 is 14.2 Å². The number of carbonyl (C=O) groups excluding carboxylic acids is 1. The number of ether oxygens (including phenoxy) is 3. The van der Waals surface area contributed by atoms with E-state index in [1.165, 1.54) is 0 Å². The molecular formula is C16H17BrO4. The molecule has 1 aromatic rings. The molecule has 2 unspecified atom stereocenters. The molecule has 0 radical (unpaired) electrons. The van der Waals surface area contributed by atoms with Crippen LogP contribution < -0.4 is 4.74 Å². The van der Waals surface area contributed by atoms with Crippen LogP contribution in [0.5, 0.6) is 5.75 Å². The van der Waals surface area contributed by atoms with Gasteiger partial charge in [-0.2, -0.15) is 0 Å². The van der Waals surface area contributed by atoms with E-state index in [4.69, 9.17) is 14.2 Å². The summed E-state index contributed by atoms with van der Waals surface area (Å²) in [4.78, 5) is 12.9. The van der Waals surface area contributed by atoms with Gasteiger partial charge in [0.2, 0.25) is 0 Å². The van der Waals surface area contributed by atoms with Crippen molar-refractivity contribution in [1.29, 1.82) is 0 Å². The summed E-state index contributed by atoms with van der Waals surface area (Å²) in [5.41, 5.74) is 0.195. The number of hydrogen-bond acceptors (Lipinski definition) is 4. The Hall–Kier alpha value is -0.910. The number of Topliss-reactive ketones (excluding diaryl/α,β-unsaturated/α-hetero) is 1. The molecule has 0 aromatic heterocycles. The third-order valence-corrected chi connectivity index (χ3v) is 5.43. The normalized spacial score (nSPS) is 33.4. The quantitative estimate of drug-likeness (QED) is 0.718. The lowest BCUT2D eigenvalue weighted by atomic mass is 9.69. The van der Waals surface area contributed by atoms with Gasteiger partial charge in [0.15, 0.2) is 11.6 Å². The first-order valence-electron chi connectivity index (χ1n) is 7.32. The van der Waals surface area contributed by atoms with E-state index >= 15 is 0 Å². The minimum absolute atomic E-state index is 0.137. The van der Waals surface area contributed by atoms with E-state index in [9.17, 15) is 4.79 Å². The van der Waals surface area contributed by atoms with Crippen molar-refractivity contribution < 1.29 is 19.0 Å². The standard InChI is InChI=1S/C16H17BrO4/c1-15-4-5-16(19-6-7-20-16)9-12(15)14(18)11-8-10(17)2-3-13(11)21-15/h2-3,8,12H,4-7,9H2,1H3. The lowest BCUT2D eigenvalue weighted by Crippen LogP contribution is -2.56. The van der Waals surface area contributed by atoms with Crippen LogP contribution in [0.4, 0.5) is 0 Å². The van der Waals surface area contributed by atoms with Gasteiger partial charge in [0.05, 0.1) is 24.7 Å². The van der Waals surface area contributed by atoms with Gasteiger partial charge >= 0.3 is 0 Å². The highest BCUT2D eigenvalue weighted by Gasteiger charge is 2.56. The van der Waals surface area contributed by atoms with Crippen LogP contribution in [-0.2, 0) is 9.47 Å². The maximum Gasteiger partial charge on any atom is 0.173 e. The molecule has 4 rings (SSSR count). The predicted octanol–water partition coefficient (Wildman–Crippen LogP) is 3.33. The summed E-state index contributed by atoms with van der Waals surface area (Å²) in [5.74, 6) is 0.0303. The van der Waals surface area contributed by atoms with Gasteiger partial charge in [-0.1, -0.05) is 15.9 Å². The molecule has 0 bridgehead atoms. The molecule has 2 heterocycles. The van der Waals surface area contributed by atoms with Crippen molar-refractivity contribution >= 4 is 21.7 Å². The van der Waals surface area contributed by atoms with Gasteiger partial charge in [0.1, 0.15) is 11.4 Å². The fraction of sp³-hybridized carbons (Fsp3) is 0.562. The Bertz CT molecular complexity index is 608. The molecular weight excluding hydrogens is 336 g/mol. The zero-order valence-corrected chi connectivity index (χ0v) is 13.4. The molecule has 1 spiro atoms. The van der Waals surface area contributed by atoms with Crippen LogP contribution in [0.2, 0.25) is 0 Å². The number of carbonyl (C=O) groups is 1. The van der Waals surface area contributed by atoms with Crippen molar-refractivity contribution in [1.82, 2.24) is 0 Å². The Morgan fingerprint density at radius 1 is 1.24 bits per heavy atom. The van der Waals surface area contributed by atoms with Crippen LogP contribution in [0.1, 0.15) is 36.5 Å². The van der Waals surface area contributed by atoms with E-state index in [1.54, 1.807) is 0 Å². The minimum Gasteiger partial charge on any atom is -0.486 e. The third-order valence-electron chi connectivity index (χ3n) is 4.93. The Kier molecular flexibility index (Phi) is 2.97. The molecule has 2 atom stereocenters. The monoisotopic (exact) mass is 352 g/mol. The van der Waals surface area contributed by atoms with E-state index in [-0.39, 0.29) is 11.7 Å². The number of halogens is 1. The maximum absolute atomic E-state index is 12.9. The number of ketones is 1. The molecule has 3 aliphatic rings.